The third-order valence-electron chi connectivity index (χ3n) is 2.65. The summed E-state index contributed by atoms with van der Waals surface area (Å²) in [4.78, 5) is 16.4. The maximum atomic E-state index is 12.2. The van der Waals surface area contributed by atoms with Crippen LogP contribution in [0, 0.1) is 0 Å². The van der Waals surface area contributed by atoms with Crippen molar-refractivity contribution in [2.45, 2.75) is 0 Å². The summed E-state index contributed by atoms with van der Waals surface area (Å²) in [6.45, 7) is 0. The molecule has 0 fully saturated rings. The Labute approximate surface area is 108 Å². The van der Waals surface area contributed by atoms with Gasteiger partial charge in [0.05, 0.1) is 16.1 Å². The summed E-state index contributed by atoms with van der Waals surface area (Å²) < 4.78 is 0. The number of rotatable bonds is 2. The van der Waals surface area contributed by atoms with E-state index in [1.165, 1.54) is 11.3 Å². The lowest BCUT2D eigenvalue weighted by Gasteiger charge is -2.05. The molecule has 3 nitrogen and oxygen atoms in total. The van der Waals surface area contributed by atoms with E-state index in [4.69, 9.17) is 0 Å². The molecule has 0 atom stereocenters. The van der Waals surface area contributed by atoms with Crippen LogP contribution in [0.5, 0.6) is 0 Å². The molecule has 2 aromatic heterocycles. The van der Waals surface area contributed by atoms with Crippen molar-refractivity contribution in [2.75, 3.05) is 5.32 Å². The van der Waals surface area contributed by atoms with Gasteiger partial charge in [-0.05, 0) is 29.6 Å². The average Bonchev–Trinajstić information content (AvgIpc) is 2.91. The third-order valence-corrected chi connectivity index (χ3v) is 3.44. The molecular weight excluding hydrogens is 244 g/mol. The van der Waals surface area contributed by atoms with Gasteiger partial charge in [-0.15, -0.1) is 11.3 Å². The van der Waals surface area contributed by atoms with Gasteiger partial charge in [0.2, 0.25) is 0 Å². The van der Waals surface area contributed by atoms with Gasteiger partial charge in [0.15, 0.2) is 0 Å². The van der Waals surface area contributed by atoms with E-state index in [1.54, 1.807) is 12.3 Å². The van der Waals surface area contributed by atoms with Gasteiger partial charge < -0.3 is 5.32 Å². The largest absolute Gasteiger partial charge is 0.314 e. The number of nitrogens with zero attached hydrogens (tertiary/aromatic N) is 1. The summed E-state index contributed by atoms with van der Waals surface area (Å²) in [6, 6.07) is 13.2. The first-order chi connectivity index (χ1) is 8.84. The van der Waals surface area contributed by atoms with Gasteiger partial charge in [-0.25, -0.2) is 0 Å². The number of aromatic nitrogens is 1. The zero-order valence-electron chi connectivity index (χ0n) is 9.46. The van der Waals surface area contributed by atoms with Gasteiger partial charge >= 0.3 is 0 Å². The smallest absolute Gasteiger partial charge is 0.257 e. The SMILES string of the molecule is O=C(Nc1cccs1)c1ccnc2ccccc12. The molecule has 1 N–H and O–H groups in total. The van der Waals surface area contributed by atoms with Crippen LogP contribution in [0.3, 0.4) is 0 Å². The molecule has 0 aliphatic rings. The van der Waals surface area contributed by atoms with E-state index in [0.717, 1.165) is 15.9 Å². The minimum Gasteiger partial charge on any atom is -0.314 e. The van der Waals surface area contributed by atoms with Crippen molar-refractivity contribution in [3.63, 3.8) is 0 Å². The molecule has 88 valence electrons. The van der Waals surface area contributed by atoms with E-state index in [9.17, 15) is 4.79 Å². The summed E-state index contributed by atoms with van der Waals surface area (Å²) in [5, 5.41) is 6.53. The third kappa shape index (κ3) is 1.98. The molecule has 0 bridgehead atoms. The maximum Gasteiger partial charge on any atom is 0.257 e. The second kappa shape index (κ2) is 4.58. The highest BCUT2D eigenvalue weighted by Gasteiger charge is 2.10. The first-order valence-corrected chi connectivity index (χ1v) is 6.41. The molecule has 0 radical (unpaired) electrons. The van der Waals surface area contributed by atoms with E-state index in [-0.39, 0.29) is 5.91 Å². The number of hydrogen-bond donors (Lipinski definition) is 1. The first kappa shape index (κ1) is 10.9. The van der Waals surface area contributed by atoms with Gasteiger partial charge in [-0.3, -0.25) is 9.78 Å². The highest BCUT2D eigenvalue weighted by Crippen LogP contribution is 2.20. The molecule has 0 aliphatic carbocycles. The van der Waals surface area contributed by atoms with Gasteiger partial charge in [0.1, 0.15) is 0 Å². The van der Waals surface area contributed by atoms with Crippen LogP contribution in [0.1, 0.15) is 10.4 Å². The van der Waals surface area contributed by atoms with Gasteiger partial charge in [0.25, 0.3) is 5.91 Å². The maximum absolute atomic E-state index is 12.2. The van der Waals surface area contributed by atoms with Crippen LogP contribution >= 0.6 is 11.3 Å². The van der Waals surface area contributed by atoms with Crippen LogP contribution < -0.4 is 5.32 Å². The number of pyridine rings is 1. The summed E-state index contributed by atoms with van der Waals surface area (Å²) in [6.07, 6.45) is 1.66. The average molecular weight is 254 g/mol. The lowest BCUT2D eigenvalue weighted by molar-refractivity contribution is 0.102. The number of carbonyl (C=O) groups is 1. The molecule has 0 saturated heterocycles. The molecule has 1 aromatic carbocycles. The second-order valence-electron chi connectivity index (χ2n) is 3.81. The van der Waals surface area contributed by atoms with Gasteiger partial charge in [-0.1, -0.05) is 18.2 Å². The first-order valence-electron chi connectivity index (χ1n) is 5.53. The number of para-hydroxylation sites is 1. The molecule has 0 saturated carbocycles. The number of benzene rings is 1. The van der Waals surface area contributed by atoms with Gasteiger partial charge in [0, 0.05) is 11.6 Å². The van der Waals surface area contributed by atoms with Crippen LogP contribution in [0.2, 0.25) is 0 Å². The predicted octanol–water partition coefficient (Wildman–Crippen LogP) is 3.55. The molecule has 0 aliphatic heterocycles. The van der Waals surface area contributed by atoms with E-state index in [2.05, 4.69) is 10.3 Å². The Bertz CT molecular complexity index is 687. The van der Waals surface area contributed by atoms with Crippen LogP contribution in [0.25, 0.3) is 10.9 Å². The number of amides is 1. The van der Waals surface area contributed by atoms with Crippen molar-refractivity contribution in [3.05, 3.63) is 59.6 Å². The van der Waals surface area contributed by atoms with Crippen molar-refractivity contribution in [1.29, 1.82) is 0 Å². The van der Waals surface area contributed by atoms with Crippen LogP contribution in [0.4, 0.5) is 5.00 Å². The standard InChI is InChI=1S/C14H10N2OS/c17-14(16-13-6-3-9-18-13)11-7-8-15-12-5-2-1-4-10(11)12/h1-9H,(H,16,17). The molecular formula is C14H10N2OS. The Hall–Kier alpha value is -2.20. The molecule has 4 heteroatoms. The number of thiophene rings is 1. The quantitative estimate of drug-likeness (QED) is 0.760. The minimum absolute atomic E-state index is 0.101. The van der Waals surface area contributed by atoms with Crippen molar-refractivity contribution >= 4 is 33.1 Å². The lowest BCUT2D eigenvalue weighted by Crippen LogP contribution is -2.11. The summed E-state index contributed by atoms with van der Waals surface area (Å²) in [5.74, 6) is -0.101. The zero-order valence-corrected chi connectivity index (χ0v) is 10.3. The van der Waals surface area contributed by atoms with Crippen LogP contribution in [-0.4, -0.2) is 10.9 Å². The molecule has 0 spiro atoms. The molecule has 18 heavy (non-hydrogen) atoms. The Morgan fingerprint density at radius 1 is 1.11 bits per heavy atom. The molecule has 1 amide bonds. The van der Waals surface area contributed by atoms with E-state index < -0.39 is 0 Å². The molecule has 0 unspecified atom stereocenters. The van der Waals surface area contributed by atoms with Crippen LogP contribution in [-0.2, 0) is 0 Å². The summed E-state index contributed by atoms with van der Waals surface area (Å²) >= 11 is 1.50. The van der Waals surface area contributed by atoms with Crippen molar-refractivity contribution in [2.24, 2.45) is 0 Å². The summed E-state index contributed by atoms with van der Waals surface area (Å²) in [5.41, 5.74) is 1.48. The predicted molar refractivity (Wildman–Crippen MR) is 74.0 cm³/mol. The highest BCUT2D eigenvalue weighted by molar-refractivity contribution is 7.14. The van der Waals surface area contributed by atoms with Crippen molar-refractivity contribution in [1.82, 2.24) is 4.98 Å². The number of nitrogens with one attached hydrogen (secondary N) is 1. The minimum atomic E-state index is -0.101. The number of fused-ring (bicyclic) bond motifs is 1. The monoisotopic (exact) mass is 254 g/mol. The zero-order chi connectivity index (χ0) is 12.4. The molecule has 3 aromatic rings. The Kier molecular flexibility index (Phi) is 2.78. The highest BCUT2D eigenvalue weighted by atomic mass is 32.1. The number of hydrogen-bond acceptors (Lipinski definition) is 3. The van der Waals surface area contributed by atoms with E-state index >= 15 is 0 Å². The Morgan fingerprint density at radius 3 is 2.83 bits per heavy atom. The topological polar surface area (TPSA) is 42.0 Å². The second-order valence-corrected chi connectivity index (χ2v) is 4.75. The van der Waals surface area contributed by atoms with E-state index in [1.807, 2.05) is 41.8 Å². The molecule has 3 rings (SSSR count). The Morgan fingerprint density at radius 2 is 2.00 bits per heavy atom. The van der Waals surface area contributed by atoms with Crippen LogP contribution in [0.15, 0.2) is 54.0 Å². The lowest BCUT2D eigenvalue weighted by atomic mass is 10.1. The normalized spacial score (nSPS) is 10.4. The number of anilines is 1. The van der Waals surface area contributed by atoms with Gasteiger partial charge in [-0.2, -0.15) is 0 Å². The number of carbonyl (C=O) groups excluding carboxylic acids is 1. The van der Waals surface area contributed by atoms with E-state index in [0.29, 0.717) is 5.56 Å². The molecule has 2 heterocycles. The van der Waals surface area contributed by atoms with Crippen molar-refractivity contribution < 1.29 is 4.79 Å². The summed E-state index contributed by atoms with van der Waals surface area (Å²) in [7, 11) is 0. The fourth-order valence-corrected chi connectivity index (χ4v) is 2.44. The fourth-order valence-electron chi connectivity index (χ4n) is 1.82. The Balaban J connectivity index is 2.01. The van der Waals surface area contributed by atoms with Crippen molar-refractivity contribution in [3.8, 4) is 0 Å². The fraction of sp³-hybridized carbons (Fsp3) is 0.